The van der Waals surface area contributed by atoms with Gasteiger partial charge in [0.2, 0.25) is 11.8 Å². The predicted octanol–water partition coefficient (Wildman–Crippen LogP) is 3.20. The zero-order valence-electron chi connectivity index (χ0n) is 18.4. The van der Waals surface area contributed by atoms with Crippen LogP contribution in [0.2, 0.25) is 0 Å². The highest BCUT2D eigenvalue weighted by Gasteiger charge is 2.35. The molecule has 3 rings (SSSR count). The molecule has 0 bridgehead atoms. The number of nitrogens with zero attached hydrogens (tertiary/aromatic N) is 1. The lowest BCUT2D eigenvalue weighted by Gasteiger charge is -2.19. The molecule has 1 fully saturated rings. The number of ether oxygens (including phenoxy) is 1. The van der Waals surface area contributed by atoms with E-state index in [0.717, 1.165) is 11.3 Å². The smallest absolute Gasteiger partial charge is 0.269 e. The van der Waals surface area contributed by atoms with Gasteiger partial charge in [-0.05, 0) is 54.3 Å². The first-order valence-corrected chi connectivity index (χ1v) is 10.4. The first-order chi connectivity index (χ1) is 14.7. The van der Waals surface area contributed by atoms with Crippen LogP contribution in [0, 0.1) is 5.92 Å². The summed E-state index contributed by atoms with van der Waals surface area (Å²) in [5.74, 6) is -0.732. The van der Waals surface area contributed by atoms with Crippen molar-refractivity contribution < 1.29 is 19.1 Å². The molecule has 0 saturated carbocycles. The molecule has 0 spiro atoms. The molecule has 0 unspecified atom stereocenters. The van der Waals surface area contributed by atoms with E-state index >= 15 is 0 Å². The summed E-state index contributed by atoms with van der Waals surface area (Å²) in [6.45, 7) is 9.03. The van der Waals surface area contributed by atoms with Gasteiger partial charge in [0.1, 0.15) is 5.75 Å². The number of rotatable bonds is 5. The summed E-state index contributed by atoms with van der Waals surface area (Å²) in [6.07, 6.45) is 0.0925. The van der Waals surface area contributed by atoms with Crippen LogP contribution in [0.5, 0.6) is 5.75 Å². The lowest BCUT2D eigenvalue weighted by molar-refractivity contribution is -0.126. The molecule has 7 nitrogen and oxygen atoms in total. The van der Waals surface area contributed by atoms with Crippen molar-refractivity contribution in [2.45, 2.75) is 39.5 Å². The standard InChI is InChI=1S/C24H29N3O4/c1-5-31-20-12-10-19(11-13-20)27-15-17(14-21(27)28)23(30)26-25-22(29)16-6-8-18(9-7-16)24(2,3)4/h6-13,17H,5,14-15H2,1-4H3,(H,25,29)(H,26,30)/t17-/m1/s1. The van der Waals surface area contributed by atoms with Crippen LogP contribution < -0.4 is 20.5 Å². The van der Waals surface area contributed by atoms with Gasteiger partial charge in [-0.1, -0.05) is 32.9 Å². The molecule has 2 aromatic carbocycles. The van der Waals surface area contributed by atoms with Crippen molar-refractivity contribution in [2.75, 3.05) is 18.1 Å². The minimum Gasteiger partial charge on any atom is -0.494 e. The number of nitrogens with one attached hydrogen (secondary N) is 2. The van der Waals surface area contributed by atoms with Crippen molar-refractivity contribution in [3.8, 4) is 5.75 Å². The summed E-state index contributed by atoms with van der Waals surface area (Å²) in [4.78, 5) is 38.8. The molecule has 0 aromatic heterocycles. The number of carbonyl (C=O) groups excluding carboxylic acids is 3. The molecule has 1 heterocycles. The minimum absolute atomic E-state index is 0.00650. The molecule has 1 atom stereocenters. The third-order valence-electron chi connectivity index (χ3n) is 5.27. The monoisotopic (exact) mass is 423 g/mol. The Morgan fingerprint density at radius 1 is 1.03 bits per heavy atom. The molecular formula is C24H29N3O4. The summed E-state index contributed by atoms with van der Waals surface area (Å²) < 4.78 is 5.42. The molecule has 2 N–H and O–H groups in total. The summed E-state index contributed by atoms with van der Waals surface area (Å²) >= 11 is 0. The van der Waals surface area contributed by atoms with E-state index in [0.29, 0.717) is 17.9 Å². The van der Waals surface area contributed by atoms with Gasteiger partial charge in [-0.3, -0.25) is 25.2 Å². The normalized spacial score (nSPS) is 16.2. The van der Waals surface area contributed by atoms with Gasteiger partial charge in [-0.2, -0.15) is 0 Å². The third kappa shape index (κ3) is 5.42. The molecule has 0 radical (unpaired) electrons. The lowest BCUT2D eigenvalue weighted by atomic mass is 9.87. The molecule has 164 valence electrons. The van der Waals surface area contributed by atoms with E-state index < -0.39 is 11.8 Å². The average molecular weight is 424 g/mol. The fourth-order valence-corrected chi connectivity index (χ4v) is 3.44. The fraction of sp³-hybridized carbons (Fsp3) is 0.375. The van der Waals surface area contributed by atoms with Crippen LogP contribution in [0.3, 0.4) is 0 Å². The summed E-state index contributed by atoms with van der Waals surface area (Å²) in [5.41, 5.74) is 7.17. The summed E-state index contributed by atoms with van der Waals surface area (Å²) in [6, 6.07) is 14.5. The van der Waals surface area contributed by atoms with Gasteiger partial charge in [0, 0.05) is 24.2 Å². The van der Waals surface area contributed by atoms with Gasteiger partial charge in [0.25, 0.3) is 5.91 Å². The van der Waals surface area contributed by atoms with E-state index in [1.165, 1.54) is 0 Å². The second-order valence-electron chi connectivity index (χ2n) is 8.60. The highest BCUT2D eigenvalue weighted by molar-refractivity contribution is 6.01. The zero-order chi connectivity index (χ0) is 22.6. The average Bonchev–Trinajstić information content (AvgIpc) is 3.14. The maximum atomic E-state index is 12.5. The largest absolute Gasteiger partial charge is 0.494 e. The Bertz CT molecular complexity index is 946. The van der Waals surface area contributed by atoms with Crippen molar-refractivity contribution in [1.82, 2.24) is 10.9 Å². The molecule has 3 amide bonds. The molecule has 1 aliphatic heterocycles. The van der Waals surface area contributed by atoms with Crippen LogP contribution in [0.15, 0.2) is 48.5 Å². The van der Waals surface area contributed by atoms with Gasteiger partial charge in [0.15, 0.2) is 0 Å². The van der Waals surface area contributed by atoms with E-state index in [9.17, 15) is 14.4 Å². The maximum Gasteiger partial charge on any atom is 0.269 e. The van der Waals surface area contributed by atoms with Crippen LogP contribution in [-0.4, -0.2) is 30.9 Å². The lowest BCUT2D eigenvalue weighted by Crippen LogP contribution is -2.45. The van der Waals surface area contributed by atoms with Crippen molar-refractivity contribution in [3.05, 3.63) is 59.7 Å². The predicted molar refractivity (Wildman–Crippen MR) is 119 cm³/mol. The number of hydrogen-bond acceptors (Lipinski definition) is 4. The van der Waals surface area contributed by atoms with Crippen LogP contribution in [0.1, 0.15) is 50.0 Å². The number of benzene rings is 2. The van der Waals surface area contributed by atoms with Gasteiger partial charge >= 0.3 is 0 Å². The topological polar surface area (TPSA) is 87.7 Å². The highest BCUT2D eigenvalue weighted by atomic mass is 16.5. The Morgan fingerprint density at radius 2 is 1.68 bits per heavy atom. The maximum absolute atomic E-state index is 12.5. The van der Waals surface area contributed by atoms with Crippen LogP contribution in [-0.2, 0) is 15.0 Å². The molecule has 1 saturated heterocycles. The first-order valence-electron chi connectivity index (χ1n) is 10.4. The summed E-state index contributed by atoms with van der Waals surface area (Å²) in [7, 11) is 0. The van der Waals surface area contributed by atoms with E-state index in [4.69, 9.17) is 4.74 Å². The van der Waals surface area contributed by atoms with Crippen molar-refractivity contribution in [1.29, 1.82) is 0 Å². The van der Waals surface area contributed by atoms with E-state index in [1.807, 2.05) is 19.1 Å². The van der Waals surface area contributed by atoms with Gasteiger partial charge in [-0.15, -0.1) is 0 Å². The van der Waals surface area contributed by atoms with Gasteiger partial charge in [0.05, 0.1) is 12.5 Å². The fourth-order valence-electron chi connectivity index (χ4n) is 3.44. The van der Waals surface area contributed by atoms with E-state index in [-0.39, 0.29) is 30.2 Å². The highest BCUT2D eigenvalue weighted by Crippen LogP contribution is 2.27. The van der Waals surface area contributed by atoms with Crippen molar-refractivity contribution >= 4 is 23.4 Å². The number of hydrogen-bond donors (Lipinski definition) is 2. The minimum atomic E-state index is -0.539. The second kappa shape index (κ2) is 9.20. The van der Waals surface area contributed by atoms with E-state index in [2.05, 4.69) is 31.6 Å². The Labute approximate surface area is 182 Å². The van der Waals surface area contributed by atoms with E-state index in [1.54, 1.807) is 41.3 Å². The Balaban J connectivity index is 1.55. The molecule has 1 aliphatic rings. The molecule has 31 heavy (non-hydrogen) atoms. The molecular weight excluding hydrogens is 394 g/mol. The summed E-state index contributed by atoms with van der Waals surface area (Å²) in [5, 5.41) is 0. The first kappa shape index (κ1) is 22.3. The Morgan fingerprint density at radius 3 is 2.26 bits per heavy atom. The zero-order valence-corrected chi connectivity index (χ0v) is 18.4. The molecule has 7 heteroatoms. The van der Waals surface area contributed by atoms with Crippen LogP contribution >= 0.6 is 0 Å². The van der Waals surface area contributed by atoms with Gasteiger partial charge in [-0.25, -0.2) is 0 Å². The van der Waals surface area contributed by atoms with Gasteiger partial charge < -0.3 is 9.64 Å². The Hall–Kier alpha value is -3.35. The second-order valence-corrected chi connectivity index (χ2v) is 8.60. The number of amides is 3. The SMILES string of the molecule is CCOc1ccc(N2C[C@H](C(=O)NNC(=O)c3ccc(C(C)(C)C)cc3)CC2=O)cc1. The van der Waals surface area contributed by atoms with Crippen molar-refractivity contribution in [3.63, 3.8) is 0 Å². The number of carbonyl (C=O) groups is 3. The number of hydrazine groups is 1. The quantitative estimate of drug-likeness (QED) is 0.723. The van der Waals surface area contributed by atoms with Crippen LogP contribution in [0.25, 0.3) is 0 Å². The Kier molecular flexibility index (Phi) is 6.63. The number of anilines is 1. The van der Waals surface area contributed by atoms with Crippen molar-refractivity contribution in [2.24, 2.45) is 5.92 Å². The molecule has 2 aromatic rings. The van der Waals surface area contributed by atoms with Crippen LogP contribution in [0.4, 0.5) is 5.69 Å². The molecule has 0 aliphatic carbocycles. The third-order valence-corrected chi connectivity index (χ3v) is 5.27.